The summed E-state index contributed by atoms with van der Waals surface area (Å²) in [6.07, 6.45) is 3.28. The summed E-state index contributed by atoms with van der Waals surface area (Å²) in [5, 5.41) is 9.87. The number of nitrogens with zero attached hydrogens (tertiary/aromatic N) is 1. The molecule has 0 unspecified atom stereocenters. The zero-order valence-electron chi connectivity index (χ0n) is 9.16. The van der Waals surface area contributed by atoms with Crippen molar-refractivity contribution in [1.82, 2.24) is 15.8 Å². The Labute approximate surface area is 100 Å². The van der Waals surface area contributed by atoms with Crippen LogP contribution in [0.15, 0.2) is 16.9 Å². The monoisotopic (exact) mass is 245 g/mol. The van der Waals surface area contributed by atoms with Gasteiger partial charge in [-0.1, -0.05) is 5.16 Å². The predicted octanol–water partition coefficient (Wildman–Crippen LogP) is 0.968. The van der Waals surface area contributed by atoms with Crippen LogP contribution in [0.5, 0.6) is 0 Å². The number of halogens is 1. The van der Waals surface area contributed by atoms with E-state index < -0.39 is 0 Å². The highest BCUT2D eigenvalue weighted by Crippen LogP contribution is 2.17. The van der Waals surface area contributed by atoms with Crippen molar-refractivity contribution in [1.29, 1.82) is 0 Å². The minimum absolute atomic E-state index is 0. The number of rotatable bonds is 2. The Morgan fingerprint density at radius 3 is 2.81 bits per heavy atom. The Bertz CT molecular complexity index is 334. The van der Waals surface area contributed by atoms with E-state index in [1.807, 2.05) is 0 Å². The number of carbonyl (C=O) groups is 1. The molecule has 1 aliphatic rings. The maximum atomic E-state index is 11.7. The van der Waals surface area contributed by atoms with Crippen molar-refractivity contribution < 1.29 is 9.32 Å². The molecule has 1 amide bonds. The summed E-state index contributed by atoms with van der Waals surface area (Å²) in [4.78, 5) is 11.7. The normalized spacial score (nSPS) is 18.6. The number of piperidine rings is 1. The van der Waals surface area contributed by atoms with Crippen LogP contribution < -0.4 is 10.6 Å². The molecule has 1 aromatic heterocycles. The fraction of sp³-hybridized carbons (Fsp3) is 0.600. The second-order valence-corrected chi connectivity index (χ2v) is 4.15. The third kappa shape index (κ3) is 2.96. The molecule has 5 nitrogen and oxygen atoms in total. The summed E-state index contributed by atoms with van der Waals surface area (Å²) in [6, 6.07) is 1.57. The lowest BCUT2D eigenvalue weighted by Crippen LogP contribution is -2.52. The number of carbonyl (C=O) groups excluding carboxylic acids is 1. The number of hydrogen-bond donors (Lipinski definition) is 2. The first-order valence-corrected chi connectivity index (χ1v) is 5.13. The summed E-state index contributed by atoms with van der Waals surface area (Å²) >= 11 is 0. The highest BCUT2D eigenvalue weighted by molar-refractivity contribution is 5.92. The van der Waals surface area contributed by atoms with E-state index in [0.717, 1.165) is 25.9 Å². The van der Waals surface area contributed by atoms with Gasteiger partial charge in [0.15, 0.2) is 5.69 Å². The van der Waals surface area contributed by atoms with Crippen LogP contribution in [-0.4, -0.2) is 29.7 Å². The molecule has 90 valence electrons. The fourth-order valence-electron chi connectivity index (χ4n) is 1.77. The van der Waals surface area contributed by atoms with E-state index in [2.05, 4.69) is 27.2 Å². The topological polar surface area (TPSA) is 67.2 Å². The van der Waals surface area contributed by atoms with Gasteiger partial charge in [0.1, 0.15) is 6.26 Å². The van der Waals surface area contributed by atoms with Crippen molar-refractivity contribution in [3.05, 3.63) is 18.0 Å². The number of amides is 1. The van der Waals surface area contributed by atoms with Crippen LogP contribution in [0.25, 0.3) is 0 Å². The van der Waals surface area contributed by atoms with Gasteiger partial charge in [-0.05, 0) is 32.9 Å². The van der Waals surface area contributed by atoms with E-state index in [9.17, 15) is 4.79 Å². The molecule has 0 atom stereocenters. The molecule has 6 heteroatoms. The molecule has 0 aromatic carbocycles. The molecule has 0 radical (unpaired) electrons. The van der Waals surface area contributed by atoms with Gasteiger partial charge in [-0.15, -0.1) is 12.4 Å². The molecule has 1 aromatic rings. The molecule has 1 saturated heterocycles. The Morgan fingerprint density at radius 2 is 2.25 bits per heavy atom. The van der Waals surface area contributed by atoms with Crippen molar-refractivity contribution in [3.63, 3.8) is 0 Å². The molecule has 2 rings (SSSR count). The zero-order chi connectivity index (χ0) is 10.7. The van der Waals surface area contributed by atoms with Crippen molar-refractivity contribution >= 4 is 18.3 Å². The van der Waals surface area contributed by atoms with Gasteiger partial charge >= 0.3 is 0 Å². The lowest BCUT2D eigenvalue weighted by Gasteiger charge is -2.34. The van der Waals surface area contributed by atoms with Crippen LogP contribution >= 0.6 is 12.4 Å². The van der Waals surface area contributed by atoms with Crippen molar-refractivity contribution in [2.24, 2.45) is 0 Å². The standard InChI is InChI=1S/C10H15N3O2.ClH/c1-10(3-5-11-6-4-10)12-9(14)8-2-7-15-13-8;/h2,7,11H,3-6H2,1H3,(H,12,14);1H. The predicted molar refractivity (Wildman–Crippen MR) is 61.7 cm³/mol. The van der Waals surface area contributed by atoms with Crippen LogP contribution in [0.1, 0.15) is 30.3 Å². The van der Waals surface area contributed by atoms with Crippen molar-refractivity contribution in [2.75, 3.05) is 13.1 Å². The van der Waals surface area contributed by atoms with E-state index in [0.29, 0.717) is 5.69 Å². The van der Waals surface area contributed by atoms with Crippen LogP contribution in [-0.2, 0) is 0 Å². The first-order valence-electron chi connectivity index (χ1n) is 5.13. The van der Waals surface area contributed by atoms with Gasteiger partial charge < -0.3 is 15.2 Å². The van der Waals surface area contributed by atoms with Crippen LogP contribution in [0, 0.1) is 0 Å². The fourth-order valence-corrected chi connectivity index (χ4v) is 1.77. The number of aromatic nitrogens is 1. The Kier molecular flexibility index (Phi) is 4.32. The summed E-state index contributed by atoms with van der Waals surface area (Å²) in [7, 11) is 0. The second kappa shape index (κ2) is 5.32. The largest absolute Gasteiger partial charge is 0.364 e. The van der Waals surface area contributed by atoms with E-state index in [4.69, 9.17) is 0 Å². The Hall–Kier alpha value is -1.07. The van der Waals surface area contributed by atoms with Gasteiger partial charge in [-0.2, -0.15) is 0 Å². The molecular weight excluding hydrogens is 230 g/mol. The van der Waals surface area contributed by atoms with E-state index >= 15 is 0 Å². The molecule has 0 aliphatic carbocycles. The number of hydrogen-bond acceptors (Lipinski definition) is 4. The summed E-state index contributed by atoms with van der Waals surface area (Å²) < 4.78 is 4.63. The molecule has 0 bridgehead atoms. The van der Waals surface area contributed by atoms with Gasteiger partial charge in [0.2, 0.25) is 0 Å². The molecule has 16 heavy (non-hydrogen) atoms. The molecular formula is C10H16ClN3O2. The molecule has 1 aliphatic heterocycles. The average molecular weight is 246 g/mol. The lowest BCUT2D eigenvalue weighted by atomic mass is 9.90. The zero-order valence-corrected chi connectivity index (χ0v) is 9.97. The first kappa shape index (κ1) is 13.0. The second-order valence-electron chi connectivity index (χ2n) is 4.15. The smallest absolute Gasteiger partial charge is 0.273 e. The summed E-state index contributed by atoms with van der Waals surface area (Å²) in [6.45, 7) is 3.94. The van der Waals surface area contributed by atoms with Crippen LogP contribution in [0.3, 0.4) is 0 Å². The minimum Gasteiger partial charge on any atom is -0.364 e. The van der Waals surface area contributed by atoms with E-state index in [1.165, 1.54) is 6.26 Å². The molecule has 2 N–H and O–H groups in total. The Balaban J connectivity index is 0.00000128. The quantitative estimate of drug-likeness (QED) is 0.815. The van der Waals surface area contributed by atoms with Gasteiger partial charge in [-0.25, -0.2) is 0 Å². The molecule has 2 heterocycles. The van der Waals surface area contributed by atoms with Gasteiger partial charge in [0.05, 0.1) is 0 Å². The third-order valence-corrected chi connectivity index (χ3v) is 2.79. The van der Waals surface area contributed by atoms with Gasteiger partial charge in [0.25, 0.3) is 5.91 Å². The van der Waals surface area contributed by atoms with E-state index in [1.54, 1.807) is 6.07 Å². The summed E-state index contributed by atoms with van der Waals surface area (Å²) in [5.41, 5.74) is 0.219. The van der Waals surface area contributed by atoms with Crippen LogP contribution in [0.2, 0.25) is 0 Å². The van der Waals surface area contributed by atoms with Gasteiger partial charge in [-0.3, -0.25) is 4.79 Å². The molecule has 1 fully saturated rings. The van der Waals surface area contributed by atoms with Crippen molar-refractivity contribution in [3.8, 4) is 0 Å². The minimum atomic E-state index is -0.159. The van der Waals surface area contributed by atoms with E-state index in [-0.39, 0.29) is 23.9 Å². The Morgan fingerprint density at radius 1 is 1.56 bits per heavy atom. The lowest BCUT2D eigenvalue weighted by molar-refractivity contribution is 0.0878. The number of nitrogens with one attached hydrogen (secondary N) is 2. The van der Waals surface area contributed by atoms with Crippen molar-refractivity contribution in [2.45, 2.75) is 25.3 Å². The average Bonchev–Trinajstić information content (AvgIpc) is 2.70. The maximum absolute atomic E-state index is 11.7. The van der Waals surface area contributed by atoms with Gasteiger partial charge in [0, 0.05) is 11.6 Å². The first-order chi connectivity index (χ1) is 7.20. The molecule has 0 spiro atoms. The molecule has 0 saturated carbocycles. The highest BCUT2D eigenvalue weighted by atomic mass is 35.5. The maximum Gasteiger partial charge on any atom is 0.273 e. The summed E-state index contributed by atoms with van der Waals surface area (Å²) in [5.74, 6) is -0.159. The third-order valence-electron chi connectivity index (χ3n) is 2.79. The highest BCUT2D eigenvalue weighted by Gasteiger charge is 2.29. The SMILES string of the molecule is CC1(NC(=O)c2ccon2)CCNCC1.Cl. The van der Waals surface area contributed by atoms with Crippen LogP contribution in [0.4, 0.5) is 0 Å².